The first-order chi connectivity index (χ1) is 12.2. The number of aromatic nitrogens is 2. The van der Waals surface area contributed by atoms with E-state index in [1.165, 1.54) is 49.1 Å². The molecule has 1 aromatic carbocycles. The van der Waals surface area contributed by atoms with Crippen LogP contribution in [0.5, 0.6) is 5.75 Å². The number of carbonyl (C=O) groups is 2. The summed E-state index contributed by atoms with van der Waals surface area (Å²) in [7, 11) is 0. The number of nitro benzene ring substituents is 1. The van der Waals surface area contributed by atoms with E-state index in [0.29, 0.717) is 12.4 Å². The van der Waals surface area contributed by atoms with Gasteiger partial charge in [0.15, 0.2) is 5.54 Å². The second-order valence-electron chi connectivity index (χ2n) is 5.86. The summed E-state index contributed by atoms with van der Waals surface area (Å²) in [6.07, 6.45) is 2.60. The van der Waals surface area contributed by atoms with Crippen molar-refractivity contribution in [2.24, 2.45) is 0 Å². The molecule has 1 aromatic heterocycles. The lowest BCUT2D eigenvalue weighted by Gasteiger charge is -2.19. The number of ether oxygens (including phenoxy) is 1. The lowest BCUT2D eigenvalue weighted by molar-refractivity contribution is -0.385. The highest BCUT2D eigenvalue weighted by Gasteiger charge is 2.30. The molecule has 0 spiro atoms. The normalized spacial score (nSPS) is 11.0. The summed E-state index contributed by atoms with van der Waals surface area (Å²) in [6, 6.07) is 3.88. The van der Waals surface area contributed by atoms with Crippen LogP contribution in [0.2, 0.25) is 0 Å². The number of nitro groups is 1. The number of hydrogen-bond acceptors (Lipinski definition) is 6. The third kappa shape index (κ3) is 3.79. The van der Waals surface area contributed by atoms with Crippen LogP contribution in [0, 0.1) is 10.1 Å². The molecule has 1 heterocycles. The molecule has 10 nitrogen and oxygen atoms in total. The predicted molar refractivity (Wildman–Crippen MR) is 91.4 cm³/mol. The molecular weight excluding hydrogens is 344 g/mol. The van der Waals surface area contributed by atoms with Crippen LogP contribution in [-0.4, -0.2) is 38.3 Å². The molecule has 26 heavy (non-hydrogen) atoms. The molecule has 2 aromatic rings. The van der Waals surface area contributed by atoms with E-state index in [4.69, 9.17) is 4.74 Å². The zero-order valence-corrected chi connectivity index (χ0v) is 14.4. The Morgan fingerprint density at radius 1 is 1.42 bits per heavy atom. The van der Waals surface area contributed by atoms with Gasteiger partial charge in [0, 0.05) is 12.3 Å². The summed E-state index contributed by atoms with van der Waals surface area (Å²) in [6.45, 7) is 4.99. The molecule has 0 atom stereocenters. The van der Waals surface area contributed by atoms with Crippen molar-refractivity contribution in [3.8, 4) is 5.75 Å². The Kier molecular flexibility index (Phi) is 5.24. The maximum absolute atomic E-state index is 12.5. The first-order valence-corrected chi connectivity index (χ1v) is 7.68. The van der Waals surface area contributed by atoms with E-state index in [1.807, 2.05) is 0 Å². The van der Waals surface area contributed by atoms with E-state index in [9.17, 15) is 24.8 Å². The largest absolute Gasteiger partial charge is 0.494 e. The molecule has 0 saturated heterocycles. The van der Waals surface area contributed by atoms with E-state index < -0.39 is 22.3 Å². The van der Waals surface area contributed by atoms with Crippen molar-refractivity contribution in [1.29, 1.82) is 0 Å². The minimum Gasteiger partial charge on any atom is -0.494 e. The molecule has 0 bridgehead atoms. The molecule has 0 saturated carbocycles. The number of nitrogens with zero attached hydrogens (tertiary/aromatic N) is 3. The fourth-order valence-electron chi connectivity index (χ4n) is 2.10. The van der Waals surface area contributed by atoms with Crippen molar-refractivity contribution in [1.82, 2.24) is 9.78 Å². The van der Waals surface area contributed by atoms with Crippen LogP contribution in [0.15, 0.2) is 30.6 Å². The second kappa shape index (κ2) is 7.21. The number of amides is 1. The molecule has 10 heteroatoms. The maximum Gasteiger partial charge on any atom is 0.331 e. The Labute approximate surface area is 148 Å². The molecule has 0 radical (unpaired) electrons. The van der Waals surface area contributed by atoms with Gasteiger partial charge in [-0.3, -0.25) is 19.6 Å². The quantitative estimate of drug-likeness (QED) is 0.569. The molecular formula is C16H18N4O6. The highest BCUT2D eigenvalue weighted by Crippen LogP contribution is 2.25. The van der Waals surface area contributed by atoms with Crippen molar-refractivity contribution in [2.45, 2.75) is 26.3 Å². The summed E-state index contributed by atoms with van der Waals surface area (Å²) in [4.78, 5) is 34.2. The highest BCUT2D eigenvalue weighted by atomic mass is 16.6. The standard InChI is InChI=1S/C16H18N4O6/c1-4-26-11-5-6-13(20(24)25)12(7-11)14(21)18-10-8-17-19(9-10)16(2,3)15(22)23/h5-9H,4H2,1-3H3,(H,18,21)(H,22,23). The van der Waals surface area contributed by atoms with E-state index in [-0.39, 0.29) is 16.9 Å². The van der Waals surface area contributed by atoms with Crippen LogP contribution in [0.3, 0.4) is 0 Å². The summed E-state index contributed by atoms with van der Waals surface area (Å²) >= 11 is 0. The molecule has 0 aliphatic heterocycles. The number of benzene rings is 1. The Bertz CT molecular complexity index is 858. The minimum atomic E-state index is -1.32. The van der Waals surface area contributed by atoms with Gasteiger partial charge < -0.3 is 15.2 Å². The molecule has 2 N–H and O–H groups in total. The number of carboxylic acid groups (broad SMARTS) is 1. The molecule has 0 aliphatic carbocycles. The Morgan fingerprint density at radius 3 is 2.69 bits per heavy atom. The summed E-state index contributed by atoms with van der Waals surface area (Å²) in [5, 5.41) is 26.8. The number of nitrogens with one attached hydrogen (secondary N) is 1. The van der Waals surface area contributed by atoms with Crippen LogP contribution in [0.4, 0.5) is 11.4 Å². The monoisotopic (exact) mass is 362 g/mol. The lowest BCUT2D eigenvalue weighted by atomic mass is 10.1. The number of hydrogen-bond donors (Lipinski definition) is 2. The fraction of sp³-hybridized carbons (Fsp3) is 0.312. The SMILES string of the molecule is CCOc1ccc([N+](=O)[O-])c(C(=O)Nc2cnn(C(C)(C)C(=O)O)c2)c1. The number of carbonyl (C=O) groups excluding carboxylic acids is 1. The molecule has 0 fully saturated rings. The summed E-state index contributed by atoms with van der Waals surface area (Å²) < 4.78 is 6.45. The van der Waals surface area contributed by atoms with Crippen LogP contribution in [0.1, 0.15) is 31.1 Å². The van der Waals surface area contributed by atoms with Crippen LogP contribution < -0.4 is 10.1 Å². The van der Waals surface area contributed by atoms with Crippen molar-refractivity contribution < 1.29 is 24.4 Å². The van der Waals surface area contributed by atoms with Crippen LogP contribution >= 0.6 is 0 Å². The Balaban J connectivity index is 2.30. The van der Waals surface area contributed by atoms with E-state index >= 15 is 0 Å². The second-order valence-corrected chi connectivity index (χ2v) is 5.86. The van der Waals surface area contributed by atoms with Gasteiger partial charge in [-0.2, -0.15) is 5.10 Å². The maximum atomic E-state index is 12.5. The van der Waals surface area contributed by atoms with Crippen molar-refractivity contribution >= 4 is 23.3 Å². The zero-order chi connectivity index (χ0) is 19.5. The molecule has 0 aliphatic rings. The average Bonchev–Trinajstić information content (AvgIpc) is 3.04. The van der Waals surface area contributed by atoms with Crippen LogP contribution in [-0.2, 0) is 10.3 Å². The lowest BCUT2D eigenvalue weighted by Crippen LogP contribution is -2.35. The van der Waals surface area contributed by atoms with Gasteiger partial charge in [0.2, 0.25) is 0 Å². The van der Waals surface area contributed by atoms with Gasteiger partial charge in [-0.05, 0) is 32.9 Å². The fourth-order valence-corrected chi connectivity index (χ4v) is 2.10. The van der Waals surface area contributed by atoms with Crippen molar-refractivity contribution in [3.63, 3.8) is 0 Å². The molecule has 0 unspecified atom stereocenters. The van der Waals surface area contributed by atoms with E-state index in [1.54, 1.807) is 6.92 Å². The number of anilines is 1. The van der Waals surface area contributed by atoms with Gasteiger partial charge in [-0.25, -0.2) is 4.79 Å². The van der Waals surface area contributed by atoms with Gasteiger partial charge in [0.05, 0.1) is 23.4 Å². The van der Waals surface area contributed by atoms with Gasteiger partial charge in [0.25, 0.3) is 11.6 Å². The number of aliphatic carboxylic acids is 1. The molecule has 138 valence electrons. The molecule has 1 amide bonds. The Hall–Kier alpha value is -3.43. The van der Waals surface area contributed by atoms with Gasteiger partial charge in [0.1, 0.15) is 11.3 Å². The van der Waals surface area contributed by atoms with Gasteiger partial charge >= 0.3 is 5.97 Å². The average molecular weight is 362 g/mol. The molecule has 2 rings (SSSR count). The van der Waals surface area contributed by atoms with E-state index in [0.717, 1.165) is 0 Å². The van der Waals surface area contributed by atoms with Crippen LogP contribution in [0.25, 0.3) is 0 Å². The topological polar surface area (TPSA) is 137 Å². The summed E-state index contributed by atoms with van der Waals surface area (Å²) in [5.41, 5.74) is -1.65. The third-order valence-corrected chi connectivity index (χ3v) is 3.66. The number of carboxylic acids is 1. The smallest absolute Gasteiger partial charge is 0.331 e. The Morgan fingerprint density at radius 2 is 2.12 bits per heavy atom. The first kappa shape index (κ1) is 18.9. The zero-order valence-electron chi connectivity index (χ0n) is 14.4. The van der Waals surface area contributed by atoms with E-state index in [2.05, 4.69) is 10.4 Å². The summed E-state index contributed by atoms with van der Waals surface area (Å²) in [5.74, 6) is -1.50. The van der Waals surface area contributed by atoms with Gasteiger partial charge in [-0.15, -0.1) is 0 Å². The third-order valence-electron chi connectivity index (χ3n) is 3.66. The van der Waals surface area contributed by atoms with Crippen molar-refractivity contribution in [2.75, 3.05) is 11.9 Å². The van der Waals surface area contributed by atoms with Crippen molar-refractivity contribution in [3.05, 3.63) is 46.3 Å². The number of rotatable bonds is 7. The minimum absolute atomic E-state index is 0.175. The predicted octanol–water partition coefficient (Wildman–Crippen LogP) is 2.26. The first-order valence-electron chi connectivity index (χ1n) is 7.68. The highest BCUT2D eigenvalue weighted by molar-refractivity contribution is 6.07. The van der Waals surface area contributed by atoms with Gasteiger partial charge in [-0.1, -0.05) is 0 Å².